The monoisotopic (exact) mass is 253 g/mol. The standard InChI is InChI=1S/C14H20FNO2/c1-4-18-14(17)13(8-10(2)3)16-12-7-5-6-11(15)9-12/h5-7,9-10,13,16H,4,8H2,1-3H3. The molecule has 1 aromatic rings. The van der Waals surface area contributed by atoms with E-state index >= 15 is 0 Å². The van der Waals surface area contributed by atoms with Gasteiger partial charge in [0.15, 0.2) is 0 Å². The Hall–Kier alpha value is -1.58. The van der Waals surface area contributed by atoms with Crippen molar-refractivity contribution in [1.29, 1.82) is 0 Å². The first-order valence-electron chi connectivity index (χ1n) is 6.21. The third kappa shape index (κ3) is 4.73. The third-order valence-corrected chi connectivity index (χ3v) is 2.44. The lowest BCUT2D eigenvalue weighted by Gasteiger charge is -2.20. The molecule has 0 fully saturated rings. The van der Waals surface area contributed by atoms with Gasteiger partial charge in [0.1, 0.15) is 11.9 Å². The van der Waals surface area contributed by atoms with Gasteiger partial charge in [0.05, 0.1) is 6.61 Å². The predicted molar refractivity (Wildman–Crippen MR) is 69.9 cm³/mol. The first-order valence-corrected chi connectivity index (χ1v) is 6.21. The van der Waals surface area contributed by atoms with Crippen LogP contribution < -0.4 is 5.32 Å². The summed E-state index contributed by atoms with van der Waals surface area (Å²) in [6, 6.07) is 5.64. The fraction of sp³-hybridized carbons (Fsp3) is 0.500. The molecule has 1 unspecified atom stereocenters. The van der Waals surface area contributed by atoms with Crippen LogP contribution in [0, 0.1) is 11.7 Å². The molecule has 1 rings (SSSR count). The number of carbonyl (C=O) groups excluding carboxylic acids is 1. The molecule has 1 aromatic carbocycles. The minimum absolute atomic E-state index is 0.296. The number of anilines is 1. The highest BCUT2D eigenvalue weighted by atomic mass is 19.1. The molecule has 3 nitrogen and oxygen atoms in total. The summed E-state index contributed by atoms with van der Waals surface area (Å²) >= 11 is 0. The number of hydrogen-bond donors (Lipinski definition) is 1. The molecule has 0 spiro atoms. The van der Waals surface area contributed by atoms with Gasteiger partial charge in [-0.25, -0.2) is 9.18 Å². The van der Waals surface area contributed by atoms with E-state index in [-0.39, 0.29) is 11.8 Å². The molecule has 0 saturated carbocycles. The van der Waals surface area contributed by atoms with Crippen LogP contribution in [0.15, 0.2) is 24.3 Å². The molecule has 0 aliphatic heterocycles. The second-order valence-corrected chi connectivity index (χ2v) is 4.59. The lowest BCUT2D eigenvalue weighted by Crippen LogP contribution is -2.32. The normalized spacial score (nSPS) is 12.3. The van der Waals surface area contributed by atoms with Crippen molar-refractivity contribution in [3.8, 4) is 0 Å². The second kappa shape index (κ2) is 6.99. The van der Waals surface area contributed by atoms with Gasteiger partial charge in [-0.3, -0.25) is 0 Å². The Morgan fingerprint density at radius 3 is 2.72 bits per heavy atom. The van der Waals surface area contributed by atoms with Gasteiger partial charge in [-0.1, -0.05) is 19.9 Å². The van der Waals surface area contributed by atoms with Gasteiger partial charge < -0.3 is 10.1 Å². The van der Waals surface area contributed by atoms with E-state index in [1.165, 1.54) is 12.1 Å². The lowest BCUT2D eigenvalue weighted by molar-refractivity contribution is -0.144. The smallest absolute Gasteiger partial charge is 0.328 e. The summed E-state index contributed by atoms with van der Waals surface area (Å²) in [4.78, 5) is 11.8. The van der Waals surface area contributed by atoms with Crippen molar-refractivity contribution >= 4 is 11.7 Å². The van der Waals surface area contributed by atoms with Crippen molar-refractivity contribution in [2.45, 2.75) is 33.2 Å². The van der Waals surface area contributed by atoms with Crippen LogP contribution in [0.2, 0.25) is 0 Å². The molecule has 18 heavy (non-hydrogen) atoms. The molecule has 1 N–H and O–H groups in total. The van der Waals surface area contributed by atoms with Crippen LogP contribution in [0.5, 0.6) is 0 Å². The summed E-state index contributed by atoms with van der Waals surface area (Å²) < 4.78 is 18.1. The zero-order valence-corrected chi connectivity index (χ0v) is 11.1. The summed E-state index contributed by atoms with van der Waals surface area (Å²) in [6.07, 6.45) is 0.648. The van der Waals surface area contributed by atoms with Crippen molar-refractivity contribution < 1.29 is 13.9 Å². The maximum Gasteiger partial charge on any atom is 0.328 e. The molecule has 0 bridgehead atoms. The van der Waals surface area contributed by atoms with E-state index in [9.17, 15) is 9.18 Å². The summed E-state index contributed by atoms with van der Waals surface area (Å²) in [7, 11) is 0. The highest BCUT2D eigenvalue weighted by Crippen LogP contribution is 2.15. The largest absolute Gasteiger partial charge is 0.464 e. The van der Waals surface area contributed by atoms with Crippen molar-refractivity contribution in [3.05, 3.63) is 30.1 Å². The first kappa shape index (κ1) is 14.5. The van der Waals surface area contributed by atoms with Crippen molar-refractivity contribution in [2.75, 3.05) is 11.9 Å². The van der Waals surface area contributed by atoms with Crippen LogP contribution in [0.1, 0.15) is 27.2 Å². The Morgan fingerprint density at radius 2 is 2.17 bits per heavy atom. The molecule has 0 aliphatic rings. The van der Waals surface area contributed by atoms with Crippen LogP contribution in [0.4, 0.5) is 10.1 Å². The van der Waals surface area contributed by atoms with Gasteiger partial charge in [0.2, 0.25) is 0 Å². The van der Waals surface area contributed by atoms with Gasteiger partial charge in [-0.2, -0.15) is 0 Å². The number of halogens is 1. The SMILES string of the molecule is CCOC(=O)C(CC(C)C)Nc1cccc(F)c1. The molecule has 0 radical (unpaired) electrons. The topological polar surface area (TPSA) is 38.3 Å². The fourth-order valence-corrected chi connectivity index (χ4v) is 1.71. The zero-order valence-electron chi connectivity index (χ0n) is 11.1. The Bertz CT molecular complexity index is 393. The Balaban J connectivity index is 2.74. The van der Waals surface area contributed by atoms with Crippen LogP contribution in [0.25, 0.3) is 0 Å². The maximum absolute atomic E-state index is 13.1. The number of hydrogen-bond acceptors (Lipinski definition) is 3. The van der Waals surface area contributed by atoms with Crippen LogP contribution in [0.3, 0.4) is 0 Å². The number of benzene rings is 1. The molecule has 4 heteroatoms. The Morgan fingerprint density at radius 1 is 1.44 bits per heavy atom. The maximum atomic E-state index is 13.1. The van der Waals surface area contributed by atoms with E-state index in [0.717, 1.165) is 0 Å². The van der Waals surface area contributed by atoms with Crippen molar-refractivity contribution in [3.63, 3.8) is 0 Å². The Labute approximate surface area is 107 Å². The van der Waals surface area contributed by atoms with E-state index in [4.69, 9.17) is 4.74 Å². The summed E-state index contributed by atoms with van der Waals surface area (Å²) in [6.45, 7) is 6.17. The van der Waals surface area contributed by atoms with Gasteiger partial charge in [-0.05, 0) is 37.5 Å². The molecular weight excluding hydrogens is 233 g/mol. The molecule has 0 aliphatic carbocycles. The van der Waals surface area contributed by atoms with Crippen LogP contribution >= 0.6 is 0 Å². The van der Waals surface area contributed by atoms with E-state index in [1.54, 1.807) is 19.1 Å². The highest BCUT2D eigenvalue weighted by Gasteiger charge is 2.20. The van der Waals surface area contributed by atoms with E-state index in [0.29, 0.717) is 24.6 Å². The zero-order chi connectivity index (χ0) is 13.5. The summed E-state index contributed by atoms with van der Waals surface area (Å²) in [5, 5.41) is 3.02. The number of nitrogens with one attached hydrogen (secondary N) is 1. The molecule has 0 amide bonds. The Kier molecular flexibility index (Phi) is 5.62. The number of carbonyl (C=O) groups is 1. The summed E-state index contributed by atoms with van der Waals surface area (Å²) in [5.41, 5.74) is 0.591. The fourth-order valence-electron chi connectivity index (χ4n) is 1.71. The molecule has 0 saturated heterocycles. The van der Waals surface area contributed by atoms with Gasteiger partial charge in [0, 0.05) is 5.69 Å². The van der Waals surface area contributed by atoms with Crippen LogP contribution in [-0.4, -0.2) is 18.6 Å². The molecular formula is C14H20FNO2. The highest BCUT2D eigenvalue weighted by molar-refractivity contribution is 5.79. The van der Waals surface area contributed by atoms with E-state index < -0.39 is 6.04 Å². The third-order valence-electron chi connectivity index (χ3n) is 2.44. The number of esters is 1. The quantitative estimate of drug-likeness (QED) is 0.791. The van der Waals surface area contributed by atoms with E-state index in [1.807, 2.05) is 13.8 Å². The van der Waals surface area contributed by atoms with Crippen LogP contribution in [-0.2, 0) is 9.53 Å². The molecule has 0 heterocycles. The van der Waals surface area contributed by atoms with Gasteiger partial charge in [-0.15, -0.1) is 0 Å². The molecule has 0 aromatic heterocycles. The molecule has 1 atom stereocenters. The van der Waals surface area contributed by atoms with Crippen molar-refractivity contribution in [1.82, 2.24) is 0 Å². The average molecular weight is 253 g/mol. The number of ether oxygens (including phenoxy) is 1. The van der Waals surface area contributed by atoms with E-state index in [2.05, 4.69) is 5.32 Å². The average Bonchev–Trinajstić information content (AvgIpc) is 2.28. The van der Waals surface area contributed by atoms with Crippen molar-refractivity contribution in [2.24, 2.45) is 5.92 Å². The number of rotatable bonds is 6. The predicted octanol–water partition coefficient (Wildman–Crippen LogP) is 3.22. The minimum atomic E-state index is -0.438. The van der Waals surface area contributed by atoms with Gasteiger partial charge in [0.25, 0.3) is 0 Å². The minimum Gasteiger partial charge on any atom is -0.464 e. The second-order valence-electron chi connectivity index (χ2n) is 4.59. The lowest BCUT2D eigenvalue weighted by atomic mass is 10.0. The van der Waals surface area contributed by atoms with Gasteiger partial charge >= 0.3 is 5.97 Å². The summed E-state index contributed by atoms with van der Waals surface area (Å²) in [5.74, 6) is -0.275. The first-order chi connectivity index (χ1) is 8.52. The molecule has 100 valence electrons.